The molecule has 0 radical (unpaired) electrons. The molecule has 178 valence electrons. The molecule has 7 nitrogen and oxygen atoms in total. The summed E-state index contributed by atoms with van der Waals surface area (Å²) >= 11 is 5.39. The third-order valence-corrected chi connectivity index (χ3v) is 7.01. The Kier molecular flexibility index (Phi) is 6.67. The zero-order chi connectivity index (χ0) is 23.5. The van der Waals surface area contributed by atoms with Crippen LogP contribution in [0.4, 0.5) is 0 Å². The van der Waals surface area contributed by atoms with Crippen molar-refractivity contribution in [1.29, 1.82) is 0 Å². The number of hydrogen-bond acceptors (Lipinski definition) is 5. The van der Waals surface area contributed by atoms with E-state index in [0.717, 1.165) is 61.2 Å². The van der Waals surface area contributed by atoms with Crippen LogP contribution < -0.4 is 15.0 Å². The molecule has 1 aromatic heterocycles. The Bertz CT molecular complexity index is 1320. The largest absolute Gasteiger partial charge is 0.486 e. The lowest BCUT2D eigenvalue weighted by Crippen LogP contribution is -2.30. The van der Waals surface area contributed by atoms with E-state index in [1.807, 2.05) is 41.3 Å². The second kappa shape index (κ2) is 10.0. The Balaban J connectivity index is 1.15. The lowest BCUT2D eigenvalue weighted by molar-refractivity contribution is -0.132. The molecule has 1 N–H and O–H groups in total. The molecule has 2 aliphatic heterocycles. The maximum absolute atomic E-state index is 13.0. The molecule has 2 aromatic carbocycles. The van der Waals surface area contributed by atoms with Gasteiger partial charge in [0.15, 0.2) is 16.3 Å². The van der Waals surface area contributed by atoms with Crippen molar-refractivity contribution in [2.75, 3.05) is 19.8 Å². The summed E-state index contributed by atoms with van der Waals surface area (Å²) < 4.78 is 13.4. The van der Waals surface area contributed by atoms with Gasteiger partial charge in [-0.15, -0.1) is 0 Å². The number of carbonyl (C=O) groups excluding carboxylic acids is 1. The van der Waals surface area contributed by atoms with Crippen molar-refractivity contribution in [3.63, 3.8) is 0 Å². The summed E-state index contributed by atoms with van der Waals surface area (Å²) in [4.78, 5) is 30.9. The lowest BCUT2D eigenvalue weighted by Gasteiger charge is -2.27. The number of benzene rings is 2. The fraction of sp³-hybridized carbons (Fsp3) is 0.423. The fourth-order valence-corrected chi connectivity index (χ4v) is 5.23. The van der Waals surface area contributed by atoms with Gasteiger partial charge >= 0.3 is 0 Å². The highest BCUT2D eigenvalue weighted by molar-refractivity contribution is 7.71. The summed E-state index contributed by atoms with van der Waals surface area (Å²) in [5.74, 6) is 1.74. The summed E-state index contributed by atoms with van der Waals surface area (Å²) in [7, 11) is 0. The lowest BCUT2D eigenvalue weighted by atomic mass is 10.0. The molecule has 1 atom stereocenters. The van der Waals surface area contributed by atoms with Crippen LogP contribution in [0.2, 0.25) is 0 Å². The van der Waals surface area contributed by atoms with Gasteiger partial charge in [0.2, 0.25) is 5.91 Å². The van der Waals surface area contributed by atoms with Gasteiger partial charge in [0.1, 0.15) is 13.2 Å². The predicted octanol–water partition coefficient (Wildman–Crippen LogP) is 4.75. The van der Waals surface area contributed by atoms with E-state index in [1.54, 1.807) is 4.57 Å². The first-order valence-electron chi connectivity index (χ1n) is 12.0. The van der Waals surface area contributed by atoms with Crippen LogP contribution in [0.15, 0.2) is 47.3 Å². The number of nitrogens with zero attached hydrogens (tertiary/aromatic N) is 2. The van der Waals surface area contributed by atoms with E-state index >= 15 is 0 Å². The predicted molar refractivity (Wildman–Crippen MR) is 133 cm³/mol. The second-order valence-electron chi connectivity index (χ2n) is 8.89. The molecular formula is C26H29N3O4S. The van der Waals surface area contributed by atoms with Crippen molar-refractivity contribution < 1.29 is 14.3 Å². The third kappa shape index (κ3) is 4.59. The molecule has 2 aliphatic rings. The Hall–Kier alpha value is -3.13. The number of H-pyrrole nitrogens is 1. The number of hydrogen-bond donors (Lipinski definition) is 1. The number of rotatable bonds is 7. The number of fused-ring (bicyclic) bond motifs is 2. The number of carbonyl (C=O) groups is 1. The minimum Gasteiger partial charge on any atom is -0.486 e. The van der Waals surface area contributed by atoms with Crippen molar-refractivity contribution in [1.82, 2.24) is 14.5 Å². The first kappa shape index (κ1) is 22.7. The molecule has 1 amide bonds. The van der Waals surface area contributed by atoms with Gasteiger partial charge in [-0.05, 0) is 67.7 Å². The van der Waals surface area contributed by atoms with Crippen molar-refractivity contribution >= 4 is 29.0 Å². The van der Waals surface area contributed by atoms with Gasteiger partial charge in [0.05, 0.1) is 16.9 Å². The minimum atomic E-state index is -0.0604. The molecule has 3 aromatic rings. The van der Waals surface area contributed by atoms with Crippen molar-refractivity contribution in [2.45, 2.75) is 51.1 Å². The van der Waals surface area contributed by atoms with E-state index in [9.17, 15) is 9.59 Å². The highest BCUT2D eigenvalue weighted by Gasteiger charge is 2.30. The molecule has 0 bridgehead atoms. The SMILES string of the molecule is O=C(CCCCCn1c(=S)[nH]c2ccccc2c1=O)N1CCCC1c1ccc2c(c1)OCCO2. The molecule has 1 unspecified atom stereocenters. The van der Waals surface area contributed by atoms with E-state index in [1.165, 1.54) is 0 Å². The van der Waals surface area contributed by atoms with Crippen molar-refractivity contribution in [3.8, 4) is 11.5 Å². The van der Waals surface area contributed by atoms with Crippen LogP contribution in [-0.4, -0.2) is 40.1 Å². The number of unbranched alkanes of at least 4 members (excludes halogenated alkanes) is 2. The van der Waals surface area contributed by atoms with E-state index in [2.05, 4.69) is 11.1 Å². The van der Waals surface area contributed by atoms with Crippen LogP contribution in [-0.2, 0) is 11.3 Å². The van der Waals surface area contributed by atoms with E-state index < -0.39 is 0 Å². The number of aromatic amines is 1. The summed E-state index contributed by atoms with van der Waals surface area (Å²) in [5, 5.41) is 0.644. The zero-order valence-electron chi connectivity index (χ0n) is 19.1. The number of likely N-dealkylation sites (tertiary alicyclic amines) is 1. The Morgan fingerprint density at radius 3 is 2.76 bits per heavy atom. The molecule has 5 rings (SSSR count). The summed E-state index contributed by atoms with van der Waals surface area (Å²) in [6.07, 6.45) is 4.95. The number of aromatic nitrogens is 2. The van der Waals surface area contributed by atoms with Crippen LogP contribution in [0.5, 0.6) is 11.5 Å². The normalized spacial score (nSPS) is 17.3. The Morgan fingerprint density at radius 2 is 1.88 bits per heavy atom. The van der Waals surface area contributed by atoms with Crippen LogP contribution in [0.25, 0.3) is 10.9 Å². The molecular weight excluding hydrogens is 450 g/mol. The first-order valence-corrected chi connectivity index (χ1v) is 12.4. The highest BCUT2D eigenvalue weighted by Crippen LogP contribution is 2.38. The quantitative estimate of drug-likeness (QED) is 0.391. The van der Waals surface area contributed by atoms with Gasteiger partial charge in [0, 0.05) is 19.5 Å². The van der Waals surface area contributed by atoms with Gasteiger partial charge in [0.25, 0.3) is 5.56 Å². The minimum absolute atomic E-state index is 0.0604. The molecule has 34 heavy (non-hydrogen) atoms. The monoisotopic (exact) mass is 479 g/mol. The molecule has 3 heterocycles. The molecule has 0 saturated carbocycles. The molecule has 0 spiro atoms. The summed E-state index contributed by atoms with van der Waals surface area (Å²) in [6, 6.07) is 13.5. The first-order chi connectivity index (χ1) is 16.6. The number of amides is 1. The standard InChI is InChI=1S/C26H29N3O4S/c30-24(28-14-6-9-21(28)18-11-12-22-23(17-18)33-16-15-32-22)10-2-1-5-13-29-25(31)19-7-3-4-8-20(19)27-26(29)34/h3-4,7-8,11-12,17,21H,1-2,5-6,9-10,13-16H2,(H,27,34). The van der Waals surface area contributed by atoms with Crippen LogP contribution in [0.3, 0.4) is 0 Å². The smallest absolute Gasteiger partial charge is 0.262 e. The van der Waals surface area contributed by atoms with Gasteiger partial charge in [-0.25, -0.2) is 0 Å². The molecule has 1 fully saturated rings. The van der Waals surface area contributed by atoms with Gasteiger partial charge < -0.3 is 19.4 Å². The molecule has 1 saturated heterocycles. The summed E-state index contributed by atoms with van der Waals surface area (Å²) in [6.45, 7) is 2.47. The Morgan fingerprint density at radius 1 is 1.06 bits per heavy atom. The van der Waals surface area contributed by atoms with E-state index in [4.69, 9.17) is 21.7 Å². The highest BCUT2D eigenvalue weighted by atomic mass is 32.1. The van der Waals surface area contributed by atoms with Crippen LogP contribution >= 0.6 is 12.2 Å². The van der Waals surface area contributed by atoms with Crippen molar-refractivity contribution in [3.05, 3.63) is 63.2 Å². The maximum atomic E-state index is 13.0. The van der Waals surface area contributed by atoms with Gasteiger partial charge in [-0.1, -0.05) is 24.6 Å². The average molecular weight is 480 g/mol. The topological polar surface area (TPSA) is 76.6 Å². The molecule has 0 aliphatic carbocycles. The summed E-state index contributed by atoms with van der Waals surface area (Å²) in [5.41, 5.74) is 1.81. The van der Waals surface area contributed by atoms with E-state index in [0.29, 0.717) is 36.3 Å². The van der Waals surface area contributed by atoms with Gasteiger partial charge in [-0.2, -0.15) is 0 Å². The average Bonchev–Trinajstić information content (AvgIpc) is 3.35. The number of ether oxygens (including phenoxy) is 2. The third-order valence-electron chi connectivity index (χ3n) is 6.69. The number of nitrogens with one attached hydrogen (secondary N) is 1. The van der Waals surface area contributed by atoms with Crippen LogP contribution in [0.1, 0.15) is 50.1 Å². The van der Waals surface area contributed by atoms with Gasteiger partial charge in [-0.3, -0.25) is 14.2 Å². The van der Waals surface area contributed by atoms with Crippen LogP contribution in [0, 0.1) is 4.77 Å². The number of para-hydroxylation sites is 1. The molecule has 8 heteroatoms. The zero-order valence-corrected chi connectivity index (χ0v) is 19.9. The van der Waals surface area contributed by atoms with E-state index in [-0.39, 0.29) is 17.5 Å². The Labute approximate surface area is 203 Å². The maximum Gasteiger partial charge on any atom is 0.262 e. The van der Waals surface area contributed by atoms with Crippen molar-refractivity contribution in [2.24, 2.45) is 0 Å². The second-order valence-corrected chi connectivity index (χ2v) is 9.28. The fourth-order valence-electron chi connectivity index (χ4n) is 4.95.